The third-order valence-electron chi connectivity index (χ3n) is 7.88. The quantitative estimate of drug-likeness (QED) is 0.0222. The largest absolute Gasteiger partial charge is 0.464 e. The summed E-state index contributed by atoms with van der Waals surface area (Å²) < 4.78 is 11.1. The van der Waals surface area contributed by atoms with Crippen molar-refractivity contribution in [3.05, 3.63) is 84.0 Å². The molecule has 0 unspecified atom stereocenters. The SMILES string of the molecule is C=CCCCCCCCCC(=O)OCCN(CCOC(=O)CCCCCCCCC=C)c1ccc(N=Nc2ccc([N+](=O)[O-])cc2)cc1. The van der Waals surface area contributed by atoms with Gasteiger partial charge in [-0.05, 0) is 74.9 Å². The van der Waals surface area contributed by atoms with Crippen LogP contribution in [0.5, 0.6) is 0 Å². The Morgan fingerprint density at radius 3 is 1.46 bits per heavy atom. The zero-order chi connectivity index (χ0) is 34.7. The number of allylic oxidation sites excluding steroid dienone is 2. The van der Waals surface area contributed by atoms with Crippen LogP contribution in [0, 0.1) is 10.1 Å². The van der Waals surface area contributed by atoms with E-state index in [9.17, 15) is 19.7 Å². The Hall–Kier alpha value is -4.34. The highest BCUT2D eigenvalue weighted by Gasteiger charge is 2.11. The minimum absolute atomic E-state index is 0.00856. The van der Waals surface area contributed by atoms with Crippen molar-refractivity contribution in [1.82, 2.24) is 0 Å². The minimum Gasteiger partial charge on any atom is -0.464 e. The first-order valence-electron chi connectivity index (χ1n) is 17.5. The highest BCUT2D eigenvalue weighted by atomic mass is 16.6. The van der Waals surface area contributed by atoms with E-state index in [4.69, 9.17) is 9.47 Å². The molecule has 0 spiro atoms. The highest BCUT2D eigenvalue weighted by Crippen LogP contribution is 2.24. The van der Waals surface area contributed by atoms with Gasteiger partial charge >= 0.3 is 11.9 Å². The Morgan fingerprint density at radius 2 is 1.04 bits per heavy atom. The van der Waals surface area contributed by atoms with E-state index in [1.54, 1.807) is 0 Å². The van der Waals surface area contributed by atoms with Crippen LogP contribution in [-0.2, 0) is 19.1 Å². The molecule has 0 aromatic heterocycles. The van der Waals surface area contributed by atoms with Gasteiger partial charge in [0.25, 0.3) is 5.69 Å². The van der Waals surface area contributed by atoms with E-state index < -0.39 is 4.92 Å². The van der Waals surface area contributed by atoms with Crippen LogP contribution in [0.2, 0.25) is 0 Å². The van der Waals surface area contributed by atoms with E-state index in [-0.39, 0.29) is 30.8 Å². The average Bonchev–Trinajstić information content (AvgIpc) is 3.09. The van der Waals surface area contributed by atoms with E-state index in [1.165, 1.54) is 62.8 Å². The van der Waals surface area contributed by atoms with Crippen LogP contribution in [0.1, 0.15) is 103 Å². The van der Waals surface area contributed by atoms with Gasteiger partial charge in [-0.3, -0.25) is 19.7 Å². The molecule has 0 heterocycles. The summed E-state index contributed by atoms with van der Waals surface area (Å²) in [5.41, 5.74) is 1.97. The lowest BCUT2D eigenvalue weighted by Gasteiger charge is -2.24. The third-order valence-corrected chi connectivity index (χ3v) is 7.88. The van der Waals surface area contributed by atoms with Crippen LogP contribution in [-0.4, -0.2) is 43.2 Å². The lowest BCUT2D eigenvalue weighted by atomic mass is 10.1. The van der Waals surface area contributed by atoms with Gasteiger partial charge < -0.3 is 14.4 Å². The van der Waals surface area contributed by atoms with Crippen molar-refractivity contribution in [2.24, 2.45) is 10.2 Å². The summed E-state index contributed by atoms with van der Waals surface area (Å²) in [7, 11) is 0. The number of esters is 2. The van der Waals surface area contributed by atoms with E-state index in [0.29, 0.717) is 37.3 Å². The van der Waals surface area contributed by atoms with Gasteiger partial charge in [-0.1, -0.05) is 63.5 Å². The maximum Gasteiger partial charge on any atom is 0.305 e. The summed E-state index contributed by atoms with van der Waals surface area (Å²) in [6.07, 6.45) is 19.9. The molecule has 0 saturated carbocycles. The molecule has 2 aromatic carbocycles. The molecule has 48 heavy (non-hydrogen) atoms. The van der Waals surface area contributed by atoms with Crippen molar-refractivity contribution >= 4 is 34.7 Å². The Balaban J connectivity index is 1.84. The predicted octanol–water partition coefficient (Wildman–Crippen LogP) is 10.5. The number of benzene rings is 2. The smallest absolute Gasteiger partial charge is 0.305 e. The van der Waals surface area contributed by atoms with Gasteiger partial charge in [0.05, 0.1) is 29.4 Å². The second kappa shape index (κ2) is 25.7. The number of hydrogen-bond acceptors (Lipinski definition) is 9. The number of hydrogen-bond donors (Lipinski definition) is 0. The van der Waals surface area contributed by atoms with E-state index >= 15 is 0 Å². The molecule has 0 aliphatic rings. The number of nitro benzene ring substituents is 1. The van der Waals surface area contributed by atoms with Crippen LogP contribution in [0.3, 0.4) is 0 Å². The van der Waals surface area contributed by atoms with Gasteiger partial charge in [-0.15, -0.1) is 13.2 Å². The molecule has 2 aromatic rings. The predicted molar refractivity (Wildman–Crippen MR) is 192 cm³/mol. The van der Waals surface area contributed by atoms with Gasteiger partial charge in [-0.2, -0.15) is 10.2 Å². The van der Waals surface area contributed by atoms with E-state index in [1.807, 2.05) is 41.3 Å². The van der Waals surface area contributed by atoms with Crippen molar-refractivity contribution in [2.45, 2.75) is 103 Å². The van der Waals surface area contributed by atoms with Crippen LogP contribution >= 0.6 is 0 Å². The van der Waals surface area contributed by atoms with Crippen molar-refractivity contribution in [2.75, 3.05) is 31.2 Å². The molecule has 0 radical (unpaired) electrons. The second-order valence-electron chi connectivity index (χ2n) is 11.8. The number of carbonyl (C=O) groups excluding carboxylic acids is 2. The van der Waals surface area contributed by atoms with Crippen molar-refractivity contribution in [3.8, 4) is 0 Å². The van der Waals surface area contributed by atoms with Crippen LogP contribution in [0.25, 0.3) is 0 Å². The Labute approximate surface area is 286 Å². The zero-order valence-electron chi connectivity index (χ0n) is 28.6. The number of anilines is 1. The lowest BCUT2D eigenvalue weighted by Crippen LogP contribution is -2.32. The molecule has 262 valence electrons. The third kappa shape index (κ3) is 18.7. The van der Waals surface area contributed by atoms with E-state index in [2.05, 4.69) is 23.4 Å². The Morgan fingerprint density at radius 1 is 0.646 bits per heavy atom. The number of rotatable bonds is 28. The maximum atomic E-state index is 12.4. The van der Waals surface area contributed by atoms with Crippen molar-refractivity contribution in [1.29, 1.82) is 0 Å². The summed E-state index contributed by atoms with van der Waals surface area (Å²) in [4.78, 5) is 37.1. The second-order valence-corrected chi connectivity index (χ2v) is 11.8. The fourth-order valence-corrected chi connectivity index (χ4v) is 5.07. The fraction of sp³-hybridized carbons (Fsp3) is 0.526. The monoisotopic (exact) mass is 662 g/mol. The number of unbranched alkanes of at least 4 members (excludes halogenated alkanes) is 12. The molecule has 0 N–H and O–H groups in total. The molecule has 10 heteroatoms. The molecule has 0 aliphatic heterocycles. The first-order valence-corrected chi connectivity index (χ1v) is 17.5. The molecular weight excluding hydrogens is 608 g/mol. The van der Waals surface area contributed by atoms with Gasteiger partial charge in [0, 0.05) is 30.7 Å². The lowest BCUT2D eigenvalue weighted by molar-refractivity contribution is -0.384. The summed E-state index contributed by atoms with van der Waals surface area (Å²) in [5.74, 6) is -0.397. The molecule has 0 saturated heterocycles. The first-order chi connectivity index (χ1) is 23.4. The minimum atomic E-state index is -0.461. The van der Waals surface area contributed by atoms with Crippen LogP contribution in [0.15, 0.2) is 84.1 Å². The number of ether oxygens (including phenoxy) is 2. The number of azo groups is 1. The number of nitrogens with zero attached hydrogens (tertiary/aromatic N) is 4. The molecular formula is C38H54N4O6. The first kappa shape index (κ1) is 39.8. The Bertz CT molecular complexity index is 1200. The highest BCUT2D eigenvalue weighted by molar-refractivity contribution is 5.69. The van der Waals surface area contributed by atoms with Gasteiger partial charge in [-0.25, -0.2) is 0 Å². The molecule has 0 bridgehead atoms. The fourth-order valence-electron chi connectivity index (χ4n) is 5.07. The molecule has 0 aliphatic carbocycles. The topological polar surface area (TPSA) is 124 Å². The Kier molecular flexibility index (Phi) is 21.3. The van der Waals surface area contributed by atoms with Crippen molar-refractivity contribution < 1.29 is 24.0 Å². The van der Waals surface area contributed by atoms with Crippen molar-refractivity contribution in [3.63, 3.8) is 0 Å². The van der Waals surface area contributed by atoms with E-state index in [0.717, 1.165) is 57.1 Å². The molecule has 0 fully saturated rings. The maximum absolute atomic E-state index is 12.4. The molecule has 0 amide bonds. The van der Waals surface area contributed by atoms with Crippen LogP contribution in [0.4, 0.5) is 22.7 Å². The summed E-state index contributed by atoms with van der Waals surface area (Å²) in [6, 6.07) is 13.2. The normalized spacial score (nSPS) is 10.9. The molecule has 10 nitrogen and oxygen atoms in total. The van der Waals surface area contributed by atoms with Crippen LogP contribution < -0.4 is 4.90 Å². The molecule has 0 atom stereocenters. The number of nitro groups is 1. The van der Waals surface area contributed by atoms with Gasteiger partial charge in [0.15, 0.2) is 0 Å². The number of carbonyl (C=O) groups is 2. The average molecular weight is 663 g/mol. The van der Waals surface area contributed by atoms with Gasteiger partial charge in [0.1, 0.15) is 13.2 Å². The number of non-ortho nitro benzene ring substituents is 1. The summed E-state index contributed by atoms with van der Waals surface area (Å²) >= 11 is 0. The summed E-state index contributed by atoms with van der Waals surface area (Å²) in [6.45, 7) is 8.85. The summed E-state index contributed by atoms with van der Waals surface area (Å²) in [5, 5.41) is 19.3. The van der Waals surface area contributed by atoms with Gasteiger partial charge in [0.2, 0.25) is 0 Å². The standard InChI is InChI=1S/C38H54N4O6/c1-3-5-7-9-11-13-15-17-19-37(43)47-31-29-41(30-32-48-38(44)20-18-16-14-12-10-8-6-4-2)35-25-21-33(22-26-35)39-40-34-23-27-36(28-24-34)42(45)46/h3-4,21-28H,1-2,5-20,29-32H2. The zero-order valence-corrected chi connectivity index (χ0v) is 28.6. The molecule has 2 rings (SSSR count).